The molecule has 0 radical (unpaired) electrons. The van der Waals surface area contributed by atoms with Crippen LogP contribution in [0.25, 0.3) is 0 Å². The van der Waals surface area contributed by atoms with E-state index in [-0.39, 0.29) is 11.3 Å². The monoisotopic (exact) mass is 345 g/mol. The van der Waals surface area contributed by atoms with Crippen molar-refractivity contribution in [1.29, 1.82) is 0 Å². The van der Waals surface area contributed by atoms with Gasteiger partial charge in [-0.15, -0.1) is 0 Å². The predicted octanol–water partition coefficient (Wildman–Crippen LogP) is 5.38. The highest BCUT2D eigenvalue weighted by molar-refractivity contribution is 6.02. The molecule has 26 heavy (non-hydrogen) atoms. The second kappa shape index (κ2) is 7.40. The van der Waals surface area contributed by atoms with Gasteiger partial charge in [-0.1, -0.05) is 51.1 Å². The van der Waals surface area contributed by atoms with Crippen LogP contribution < -0.4 is 10.6 Å². The molecule has 0 aliphatic heterocycles. The number of hydrogen-bond acceptors (Lipinski definition) is 3. The van der Waals surface area contributed by atoms with E-state index in [2.05, 4.69) is 36.4 Å². The third kappa shape index (κ3) is 4.48. The number of pyridine rings is 1. The number of aromatic nitrogens is 1. The fraction of sp³-hybridized carbons (Fsp3) is 0.182. The normalized spacial score (nSPS) is 11.0. The van der Waals surface area contributed by atoms with E-state index in [0.29, 0.717) is 5.69 Å². The van der Waals surface area contributed by atoms with Crippen molar-refractivity contribution in [3.8, 4) is 0 Å². The van der Waals surface area contributed by atoms with Gasteiger partial charge in [0.2, 0.25) is 0 Å². The van der Waals surface area contributed by atoms with Gasteiger partial charge in [0.15, 0.2) is 0 Å². The summed E-state index contributed by atoms with van der Waals surface area (Å²) >= 11 is 0. The second-order valence-electron chi connectivity index (χ2n) is 7.20. The van der Waals surface area contributed by atoms with E-state index in [1.54, 1.807) is 12.3 Å². The van der Waals surface area contributed by atoms with E-state index in [0.717, 1.165) is 17.1 Å². The standard InChI is InChI=1S/C22H23N3O/c1-22(2,3)16-9-11-18(12-10-16)25-21(26)20-14-13-19(15-23-20)24-17-7-5-4-6-8-17/h4-15,24H,1-3H3,(H,25,26). The maximum Gasteiger partial charge on any atom is 0.274 e. The smallest absolute Gasteiger partial charge is 0.274 e. The van der Waals surface area contributed by atoms with E-state index in [4.69, 9.17) is 0 Å². The molecule has 0 aliphatic carbocycles. The molecule has 0 spiro atoms. The van der Waals surface area contributed by atoms with Crippen LogP contribution in [0, 0.1) is 0 Å². The average molecular weight is 345 g/mol. The first-order chi connectivity index (χ1) is 12.4. The molecule has 0 aliphatic rings. The molecule has 0 atom stereocenters. The zero-order chi connectivity index (χ0) is 18.6. The number of benzene rings is 2. The number of nitrogens with zero attached hydrogens (tertiary/aromatic N) is 1. The molecule has 0 fully saturated rings. The molecular formula is C22H23N3O. The first-order valence-corrected chi connectivity index (χ1v) is 8.62. The van der Waals surface area contributed by atoms with Crippen molar-refractivity contribution >= 4 is 23.0 Å². The van der Waals surface area contributed by atoms with Gasteiger partial charge in [-0.2, -0.15) is 0 Å². The Morgan fingerprint density at radius 2 is 1.46 bits per heavy atom. The number of amides is 1. The fourth-order valence-electron chi connectivity index (χ4n) is 2.54. The van der Waals surface area contributed by atoms with Gasteiger partial charge in [0.25, 0.3) is 5.91 Å². The molecular weight excluding hydrogens is 322 g/mol. The van der Waals surface area contributed by atoms with Crippen LogP contribution in [0.1, 0.15) is 36.8 Å². The second-order valence-corrected chi connectivity index (χ2v) is 7.20. The number of para-hydroxylation sites is 1. The molecule has 2 N–H and O–H groups in total. The minimum absolute atomic E-state index is 0.0890. The molecule has 4 heteroatoms. The van der Waals surface area contributed by atoms with Crippen molar-refractivity contribution in [2.45, 2.75) is 26.2 Å². The lowest BCUT2D eigenvalue weighted by molar-refractivity contribution is 0.102. The van der Waals surface area contributed by atoms with Crippen LogP contribution in [0.3, 0.4) is 0 Å². The van der Waals surface area contributed by atoms with Crippen LogP contribution in [-0.4, -0.2) is 10.9 Å². The van der Waals surface area contributed by atoms with Gasteiger partial charge in [-0.3, -0.25) is 4.79 Å². The quantitative estimate of drug-likeness (QED) is 0.668. The van der Waals surface area contributed by atoms with Crippen molar-refractivity contribution in [1.82, 2.24) is 4.98 Å². The summed E-state index contributed by atoms with van der Waals surface area (Å²) in [6.45, 7) is 6.49. The summed E-state index contributed by atoms with van der Waals surface area (Å²) in [5.41, 5.74) is 4.27. The van der Waals surface area contributed by atoms with E-state index >= 15 is 0 Å². The fourth-order valence-corrected chi connectivity index (χ4v) is 2.54. The molecule has 0 saturated heterocycles. The lowest BCUT2D eigenvalue weighted by Crippen LogP contribution is -2.14. The lowest BCUT2D eigenvalue weighted by atomic mass is 9.87. The van der Waals surface area contributed by atoms with Gasteiger partial charge in [-0.25, -0.2) is 4.98 Å². The molecule has 0 unspecified atom stereocenters. The molecule has 4 nitrogen and oxygen atoms in total. The summed E-state index contributed by atoms with van der Waals surface area (Å²) in [5, 5.41) is 6.13. The summed E-state index contributed by atoms with van der Waals surface area (Å²) in [4.78, 5) is 16.6. The zero-order valence-electron chi connectivity index (χ0n) is 15.3. The van der Waals surface area contributed by atoms with Gasteiger partial charge >= 0.3 is 0 Å². The van der Waals surface area contributed by atoms with Crippen molar-refractivity contribution in [2.24, 2.45) is 0 Å². The summed E-state index contributed by atoms with van der Waals surface area (Å²) in [6, 6.07) is 21.3. The minimum Gasteiger partial charge on any atom is -0.354 e. The Balaban J connectivity index is 1.64. The molecule has 1 heterocycles. The van der Waals surface area contributed by atoms with Crippen LogP contribution in [0.2, 0.25) is 0 Å². The number of rotatable bonds is 4. The molecule has 2 aromatic carbocycles. The largest absolute Gasteiger partial charge is 0.354 e. The maximum atomic E-state index is 12.4. The molecule has 0 saturated carbocycles. The lowest BCUT2D eigenvalue weighted by Gasteiger charge is -2.19. The minimum atomic E-state index is -0.222. The highest BCUT2D eigenvalue weighted by atomic mass is 16.1. The first-order valence-electron chi connectivity index (χ1n) is 8.62. The van der Waals surface area contributed by atoms with Gasteiger partial charge in [0.05, 0.1) is 11.9 Å². The van der Waals surface area contributed by atoms with E-state index in [1.807, 2.05) is 60.7 Å². The zero-order valence-corrected chi connectivity index (χ0v) is 15.3. The SMILES string of the molecule is CC(C)(C)c1ccc(NC(=O)c2ccc(Nc3ccccc3)cn2)cc1. The summed E-state index contributed by atoms with van der Waals surface area (Å²) < 4.78 is 0. The Bertz CT molecular complexity index is 864. The molecule has 1 amide bonds. The number of hydrogen-bond donors (Lipinski definition) is 2. The van der Waals surface area contributed by atoms with E-state index in [9.17, 15) is 4.79 Å². The van der Waals surface area contributed by atoms with Crippen molar-refractivity contribution < 1.29 is 4.79 Å². The first kappa shape index (κ1) is 17.7. The predicted molar refractivity (Wildman–Crippen MR) is 107 cm³/mol. The summed E-state index contributed by atoms with van der Waals surface area (Å²) in [7, 11) is 0. The summed E-state index contributed by atoms with van der Waals surface area (Å²) in [5.74, 6) is -0.222. The number of carbonyl (C=O) groups is 1. The maximum absolute atomic E-state index is 12.4. The van der Waals surface area contributed by atoms with Gasteiger partial charge in [-0.05, 0) is 47.4 Å². The number of nitrogens with one attached hydrogen (secondary N) is 2. The van der Waals surface area contributed by atoms with Crippen LogP contribution >= 0.6 is 0 Å². The van der Waals surface area contributed by atoms with Gasteiger partial charge in [0.1, 0.15) is 5.69 Å². The van der Waals surface area contributed by atoms with Crippen molar-refractivity contribution in [3.63, 3.8) is 0 Å². The van der Waals surface area contributed by atoms with Crippen LogP contribution in [0.15, 0.2) is 72.9 Å². The van der Waals surface area contributed by atoms with E-state index in [1.165, 1.54) is 5.56 Å². The molecule has 1 aromatic heterocycles. The highest BCUT2D eigenvalue weighted by Crippen LogP contribution is 2.23. The van der Waals surface area contributed by atoms with Crippen LogP contribution in [0.4, 0.5) is 17.1 Å². The number of anilines is 3. The Hall–Kier alpha value is -3.14. The van der Waals surface area contributed by atoms with E-state index < -0.39 is 0 Å². The van der Waals surface area contributed by atoms with Gasteiger partial charge < -0.3 is 10.6 Å². The Labute approximate surface area is 154 Å². The van der Waals surface area contributed by atoms with Crippen LogP contribution in [-0.2, 0) is 5.41 Å². The third-order valence-electron chi connectivity index (χ3n) is 4.07. The highest BCUT2D eigenvalue weighted by Gasteiger charge is 2.13. The van der Waals surface area contributed by atoms with Crippen molar-refractivity contribution in [2.75, 3.05) is 10.6 Å². The molecule has 132 valence electrons. The Morgan fingerprint density at radius 1 is 0.808 bits per heavy atom. The van der Waals surface area contributed by atoms with Crippen molar-refractivity contribution in [3.05, 3.63) is 84.2 Å². The average Bonchev–Trinajstić information content (AvgIpc) is 2.63. The topological polar surface area (TPSA) is 54.0 Å². The number of carbonyl (C=O) groups excluding carboxylic acids is 1. The van der Waals surface area contributed by atoms with Crippen LogP contribution in [0.5, 0.6) is 0 Å². The molecule has 3 aromatic rings. The van der Waals surface area contributed by atoms with Gasteiger partial charge in [0, 0.05) is 11.4 Å². The molecule has 0 bridgehead atoms. The Morgan fingerprint density at radius 3 is 2.04 bits per heavy atom. The molecule has 3 rings (SSSR count). The third-order valence-corrected chi connectivity index (χ3v) is 4.07. The summed E-state index contributed by atoms with van der Waals surface area (Å²) in [6.07, 6.45) is 1.66. The Kier molecular flexibility index (Phi) is 5.03.